The molecule has 1 aromatic carbocycles. The van der Waals surface area contributed by atoms with Crippen LogP contribution in [0.5, 0.6) is 0 Å². The number of nitrogens with one attached hydrogen (secondary N) is 1. The summed E-state index contributed by atoms with van der Waals surface area (Å²) in [5.41, 5.74) is 6.73. The van der Waals surface area contributed by atoms with Crippen LogP contribution in [0.3, 0.4) is 0 Å². The van der Waals surface area contributed by atoms with E-state index in [1.54, 1.807) is 12.1 Å². The molecule has 2 fully saturated rings. The van der Waals surface area contributed by atoms with Gasteiger partial charge in [-0.15, -0.1) is 0 Å². The number of fused-ring (bicyclic) bond motifs is 1. The van der Waals surface area contributed by atoms with E-state index in [2.05, 4.69) is 5.32 Å². The third-order valence-electron chi connectivity index (χ3n) is 3.87. The molecule has 3 N–H and O–H groups in total. The monoisotopic (exact) mass is 247 g/mol. The van der Waals surface area contributed by atoms with Crippen LogP contribution in [0.4, 0.5) is 10.1 Å². The summed E-state index contributed by atoms with van der Waals surface area (Å²) in [7, 11) is 0. The van der Waals surface area contributed by atoms with Crippen molar-refractivity contribution in [2.24, 2.45) is 11.7 Å². The first-order valence-corrected chi connectivity index (χ1v) is 6.04. The lowest BCUT2D eigenvalue weighted by atomic mass is 9.72. The Labute approximate surface area is 105 Å². The number of nitrogens with zero attached hydrogens (tertiary/aromatic N) is 1. The largest absolute Gasteiger partial charge is 0.376 e. The molecule has 1 heterocycles. The van der Waals surface area contributed by atoms with Crippen molar-refractivity contribution >= 4 is 5.69 Å². The minimum absolute atomic E-state index is 0.00698. The number of halogens is 1. The van der Waals surface area contributed by atoms with Gasteiger partial charge in [0.2, 0.25) is 0 Å². The van der Waals surface area contributed by atoms with E-state index in [4.69, 9.17) is 15.7 Å². The normalized spacial score (nSPS) is 33.4. The van der Waals surface area contributed by atoms with E-state index in [1.807, 2.05) is 6.07 Å². The second-order valence-electron chi connectivity index (χ2n) is 4.84. The standard InChI is InChI=1S/C13H14FN3O/c14-9-5-7(6-15)1-2-10(9)17-12-11(16)8-3-4-18-13(8)12/h1-2,5,8,11-13,17H,3-4,16H2. The van der Waals surface area contributed by atoms with Gasteiger partial charge in [-0.2, -0.15) is 5.26 Å². The fourth-order valence-corrected chi connectivity index (χ4v) is 2.81. The number of rotatable bonds is 2. The van der Waals surface area contributed by atoms with Gasteiger partial charge < -0.3 is 15.8 Å². The van der Waals surface area contributed by atoms with Gasteiger partial charge in [-0.1, -0.05) is 0 Å². The predicted molar refractivity (Wildman–Crippen MR) is 64.3 cm³/mol. The number of nitriles is 1. The number of hydrogen-bond acceptors (Lipinski definition) is 4. The lowest BCUT2D eigenvalue weighted by Crippen LogP contribution is -2.65. The van der Waals surface area contributed by atoms with Crippen LogP contribution in [0.25, 0.3) is 0 Å². The summed E-state index contributed by atoms with van der Waals surface area (Å²) in [6, 6.07) is 6.25. The van der Waals surface area contributed by atoms with Crippen LogP contribution in [0.2, 0.25) is 0 Å². The van der Waals surface area contributed by atoms with Crippen molar-refractivity contribution in [1.29, 1.82) is 5.26 Å². The average molecular weight is 247 g/mol. The lowest BCUT2D eigenvalue weighted by molar-refractivity contribution is 0.00527. The quantitative estimate of drug-likeness (QED) is 0.824. The van der Waals surface area contributed by atoms with E-state index in [-0.39, 0.29) is 18.2 Å². The van der Waals surface area contributed by atoms with Crippen LogP contribution < -0.4 is 11.1 Å². The van der Waals surface area contributed by atoms with Gasteiger partial charge in [-0.3, -0.25) is 0 Å². The Morgan fingerprint density at radius 2 is 2.33 bits per heavy atom. The highest BCUT2D eigenvalue weighted by atomic mass is 19.1. The molecule has 4 atom stereocenters. The Kier molecular flexibility index (Phi) is 2.69. The summed E-state index contributed by atoms with van der Waals surface area (Å²) in [6.07, 6.45) is 1.08. The van der Waals surface area contributed by atoms with Gasteiger partial charge in [0.15, 0.2) is 0 Å². The highest BCUT2D eigenvalue weighted by Crippen LogP contribution is 2.39. The fourth-order valence-electron chi connectivity index (χ4n) is 2.81. The summed E-state index contributed by atoms with van der Waals surface area (Å²) in [4.78, 5) is 0. The highest BCUT2D eigenvalue weighted by Gasteiger charge is 2.52. The Morgan fingerprint density at radius 1 is 1.50 bits per heavy atom. The van der Waals surface area contributed by atoms with Gasteiger partial charge in [0.25, 0.3) is 0 Å². The van der Waals surface area contributed by atoms with Crippen LogP contribution in [0.1, 0.15) is 12.0 Å². The maximum Gasteiger partial charge on any atom is 0.147 e. The molecule has 3 rings (SSSR count). The SMILES string of the molecule is N#Cc1ccc(NC2C(N)C3CCOC32)c(F)c1. The molecular weight excluding hydrogens is 233 g/mol. The molecule has 5 heteroatoms. The zero-order chi connectivity index (χ0) is 12.7. The van der Waals surface area contributed by atoms with Crippen molar-refractivity contribution in [3.63, 3.8) is 0 Å². The fraction of sp³-hybridized carbons (Fsp3) is 0.462. The molecule has 1 saturated heterocycles. The van der Waals surface area contributed by atoms with Gasteiger partial charge in [0.05, 0.1) is 29.5 Å². The Bertz CT molecular complexity index is 513. The van der Waals surface area contributed by atoms with Gasteiger partial charge in [0, 0.05) is 18.6 Å². The van der Waals surface area contributed by atoms with Crippen molar-refractivity contribution in [1.82, 2.24) is 0 Å². The smallest absolute Gasteiger partial charge is 0.147 e. The minimum Gasteiger partial charge on any atom is -0.376 e. The molecule has 1 aliphatic carbocycles. The minimum atomic E-state index is -0.428. The van der Waals surface area contributed by atoms with Crippen LogP contribution in [-0.2, 0) is 4.74 Å². The summed E-state index contributed by atoms with van der Waals surface area (Å²) >= 11 is 0. The van der Waals surface area contributed by atoms with Crippen molar-refractivity contribution < 1.29 is 9.13 Å². The number of hydrogen-bond donors (Lipinski definition) is 2. The van der Waals surface area contributed by atoms with Crippen LogP contribution in [0, 0.1) is 23.1 Å². The van der Waals surface area contributed by atoms with Crippen LogP contribution >= 0.6 is 0 Å². The summed E-state index contributed by atoms with van der Waals surface area (Å²) in [5.74, 6) is -0.0355. The summed E-state index contributed by atoms with van der Waals surface area (Å²) in [6.45, 7) is 0.733. The molecule has 1 aromatic rings. The second-order valence-corrected chi connectivity index (χ2v) is 4.84. The van der Waals surface area contributed by atoms with Gasteiger partial charge >= 0.3 is 0 Å². The number of ether oxygens (including phenoxy) is 1. The van der Waals surface area contributed by atoms with Crippen LogP contribution in [0.15, 0.2) is 18.2 Å². The molecule has 0 aromatic heterocycles. The van der Waals surface area contributed by atoms with Crippen molar-refractivity contribution in [2.75, 3.05) is 11.9 Å². The van der Waals surface area contributed by atoms with Gasteiger partial charge in [-0.05, 0) is 24.6 Å². The van der Waals surface area contributed by atoms with E-state index in [0.717, 1.165) is 13.0 Å². The zero-order valence-corrected chi connectivity index (χ0v) is 9.77. The van der Waals surface area contributed by atoms with Gasteiger partial charge in [-0.25, -0.2) is 4.39 Å². The molecule has 94 valence electrons. The Balaban J connectivity index is 1.75. The summed E-state index contributed by atoms with van der Waals surface area (Å²) in [5, 5.41) is 11.8. The molecule has 2 aliphatic rings. The maximum absolute atomic E-state index is 13.7. The zero-order valence-electron chi connectivity index (χ0n) is 9.77. The molecule has 0 radical (unpaired) electrons. The van der Waals surface area contributed by atoms with Crippen molar-refractivity contribution in [2.45, 2.75) is 24.6 Å². The number of nitrogens with two attached hydrogens (primary N) is 1. The molecule has 0 amide bonds. The van der Waals surface area contributed by atoms with Crippen molar-refractivity contribution in [3.05, 3.63) is 29.6 Å². The van der Waals surface area contributed by atoms with Crippen molar-refractivity contribution in [3.8, 4) is 6.07 Å². The lowest BCUT2D eigenvalue weighted by Gasteiger charge is -2.46. The van der Waals surface area contributed by atoms with E-state index in [0.29, 0.717) is 17.2 Å². The Morgan fingerprint density at radius 3 is 3.06 bits per heavy atom. The van der Waals surface area contributed by atoms with E-state index < -0.39 is 5.82 Å². The first kappa shape index (κ1) is 11.5. The third kappa shape index (κ3) is 1.65. The number of benzene rings is 1. The molecule has 4 unspecified atom stereocenters. The van der Waals surface area contributed by atoms with E-state index >= 15 is 0 Å². The van der Waals surface area contributed by atoms with Crippen LogP contribution in [-0.4, -0.2) is 24.8 Å². The molecule has 0 spiro atoms. The molecule has 1 aliphatic heterocycles. The van der Waals surface area contributed by atoms with E-state index in [1.165, 1.54) is 6.07 Å². The Hall–Kier alpha value is -1.64. The molecule has 1 saturated carbocycles. The number of anilines is 1. The highest BCUT2D eigenvalue weighted by molar-refractivity contribution is 5.50. The maximum atomic E-state index is 13.7. The molecular formula is C13H14FN3O. The first-order valence-electron chi connectivity index (χ1n) is 6.04. The summed E-state index contributed by atoms with van der Waals surface area (Å²) < 4.78 is 19.3. The topological polar surface area (TPSA) is 71.1 Å². The first-order chi connectivity index (χ1) is 8.70. The predicted octanol–water partition coefficient (Wildman–Crippen LogP) is 1.22. The van der Waals surface area contributed by atoms with E-state index in [9.17, 15) is 4.39 Å². The average Bonchev–Trinajstić information content (AvgIpc) is 2.81. The second kappa shape index (κ2) is 4.23. The molecule has 0 bridgehead atoms. The van der Waals surface area contributed by atoms with Gasteiger partial charge in [0.1, 0.15) is 5.82 Å². The third-order valence-corrected chi connectivity index (χ3v) is 3.87. The molecule has 4 nitrogen and oxygen atoms in total. The molecule has 18 heavy (non-hydrogen) atoms.